The molecule has 1 aromatic heterocycles. The van der Waals surface area contributed by atoms with E-state index in [1.54, 1.807) is 0 Å². The number of nitrogens with one attached hydrogen (secondary N) is 1. The number of halogens is 1. The van der Waals surface area contributed by atoms with E-state index in [-0.39, 0.29) is 11.3 Å². The van der Waals surface area contributed by atoms with Gasteiger partial charge < -0.3 is 5.11 Å². The molecule has 0 bridgehead atoms. The molecule has 1 heterocycles. The summed E-state index contributed by atoms with van der Waals surface area (Å²) in [4.78, 5) is 17.3. The number of carbonyl (C=O) groups is 1. The van der Waals surface area contributed by atoms with Gasteiger partial charge in [0, 0.05) is 5.92 Å². The monoisotopic (exact) mass is 403 g/mol. The van der Waals surface area contributed by atoms with Gasteiger partial charge in [-0.05, 0) is 92.8 Å². The third kappa shape index (κ3) is 3.17. The summed E-state index contributed by atoms with van der Waals surface area (Å²) < 4.78 is 13.3. The Morgan fingerprint density at radius 1 is 1.17 bits per heavy atom. The Kier molecular flexibility index (Phi) is 4.84. The van der Waals surface area contributed by atoms with Crippen LogP contribution in [0, 0.1) is 40.9 Å². The molecule has 0 radical (unpaired) electrons. The molecule has 0 amide bonds. The average Bonchev–Trinajstić information content (AvgIpc) is 3.34. The van der Waals surface area contributed by atoms with Crippen LogP contribution < -0.4 is 0 Å². The minimum atomic E-state index is -1.07. The summed E-state index contributed by atoms with van der Waals surface area (Å²) in [6.07, 6.45) is 10.9. The van der Waals surface area contributed by atoms with Gasteiger partial charge in [0.15, 0.2) is 0 Å². The van der Waals surface area contributed by atoms with Gasteiger partial charge in [-0.3, -0.25) is 9.89 Å². The lowest BCUT2D eigenvalue weighted by atomic mass is 9.49. The molecule has 160 valence electrons. The largest absolute Gasteiger partial charge is 0.387 e. The number of carbonyl (C=O) groups excluding carboxylic acids is 1. The topological polar surface area (TPSA) is 78.9 Å². The van der Waals surface area contributed by atoms with Crippen molar-refractivity contribution in [3.63, 3.8) is 0 Å². The van der Waals surface area contributed by atoms with E-state index in [0.29, 0.717) is 60.5 Å². The van der Waals surface area contributed by atoms with Gasteiger partial charge in [-0.2, -0.15) is 5.10 Å². The van der Waals surface area contributed by atoms with Gasteiger partial charge in [0.25, 0.3) is 0 Å². The normalized spacial score (nSPS) is 46.6. The Morgan fingerprint density at radius 3 is 2.76 bits per heavy atom. The highest BCUT2D eigenvalue weighted by molar-refractivity contribution is 5.83. The lowest BCUT2D eigenvalue weighted by Crippen LogP contribution is -2.52. The first-order valence-corrected chi connectivity index (χ1v) is 11.6. The number of aromatic amines is 1. The minimum absolute atomic E-state index is 0.111. The highest BCUT2D eigenvalue weighted by Crippen LogP contribution is 2.64. The number of alkyl halides is 1. The second-order valence-electron chi connectivity index (χ2n) is 10.8. The summed E-state index contributed by atoms with van der Waals surface area (Å²) in [6, 6.07) is 0. The standard InChI is InChI=1S/C23H34FN3O2/c1-22-8-6-16-15-7-9-23(29,12-24)11-14(15)2-3-17(16)18(22)4-5-19(22)20(28)10-21-25-13-26-27-21/h13-19,29H,2-12H2,1H3,(H,25,26,27)/t14-,15+,16-,17-,18+,19-,22+,23-/m1/s1. The van der Waals surface area contributed by atoms with Crippen molar-refractivity contribution in [3.05, 3.63) is 12.2 Å². The van der Waals surface area contributed by atoms with E-state index in [0.717, 1.165) is 32.1 Å². The molecule has 0 unspecified atom stereocenters. The summed E-state index contributed by atoms with van der Waals surface area (Å²) in [7, 11) is 0. The molecule has 1 aromatic rings. The third-order valence-electron chi connectivity index (χ3n) is 9.55. The maximum atomic E-state index is 13.3. The van der Waals surface area contributed by atoms with Crippen LogP contribution in [0.1, 0.15) is 70.5 Å². The van der Waals surface area contributed by atoms with Crippen molar-refractivity contribution in [2.24, 2.45) is 40.9 Å². The van der Waals surface area contributed by atoms with E-state index in [1.165, 1.54) is 19.2 Å². The van der Waals surface area contributed by atoms with E-state index >= 15 is 0 Å². The van der Waals surface area contributed by atoms with Gasteiger partial charge in [-0.25, -0.2) is 9.37 Å². The summed E-state index contributed by atoms with van der Waals surface area (Å²) in [5, 5.41) is 17.2. The van der Waals surface area contributed by atoms with E-state index < -0.39 is 12.3 Å². The minimum Gasteiger partial charge on any atom is -0.387 e. The van der Waals surface area contributed by atoms with Gasteiger partial charge in [0.05, 0.1) is 12.0 Å². The summed E-state index contributed by atoms with van der Waals surface area (Å²) in [5.74, 6) is 4.32. The smallest absolute Gasteiger partial charge is 0.144 e. The molecule has 4 aliphatic rings. The highest BCUT2D eigenvalue weighted by atomic mass is 19.1. The van der Waals surface area contributed by atoms with Crippen LogP contribution >= 0.6 is 0 Å². The molecule has 6 heteroatoms. The number of fused-ring (bicyclic) bond motifs is 5. The fraction of sp³-hybridized carbons (Fsp3) is 0.870. The molecule has 4 saturated carbocycles. The van der Waals surface area contributed by atoms with E-state index in [1.807, 2.05) is 0 Å². The van der Waals surface area contributed by atoms with Crippen LogP contribution in [-0.2, 0) is 11.2 Å². The molecule has 0 aromatic carbocycles. The number of ketones is 1. The van der Waals surface area contributed by atoms with Crippen LogP contribution in [-0.4, -0.2) is 38.3 Å². The van der Waals surface area contributed by atoms with Gasteiger partial charge in [0.1, 0.15) is 24.6 Å². The van der Waals surface area contributed by atoms with E-state index in [4.69, 9.17) is 0 Å². The number of nitrogens with zero attached hydrogens (tertiary/aromatic N) is 2. The lowest BCUT2D eigenvalue weighted by Gasteiger charge is -2.57. The van der Waals surface area contributed by atoms with Crippen LogP contribution in [0.3, 0.4) is 0 Å². The van der Waals surface area contributed by atoms with Gasteiger partial charge in [0.2, 0.25) is 0 Å². The molecular weight excluding hydrogens is 369 g/mol. The maximum Gasteiger partial charge on any atom is 0.144 e. The molecule has 0 spiro atoms. The highest BCUT2D eigenvalue weighted by Gasteiger charge is 2.58. The van der Waals surface area contributed by atoms with Gasteiger partial charge in [-0.15, -0.1) is 0 Å². The summed E-state index contributed by atoms with van der Waals surface area (Å²) in [6.45, 7) is 1.78. The van der Waals surface area contributed by atoms with Crippen molar-refractivity contribution in [2.75, 3.05) is 6.67 Å². The molecular formula is C23H34FN3O2. The van der Waals surface area contributed by atoms with Gasteiger partial charge in [-0.1, -0.05) is 6.92 Å². The molecule has 0 aliphatic heterocycles. The zero-order chi connectivity index (χ0) is 20.2. The fourth-order valence-corrected chi connectivity index (χ4v) is 8.22. The van der Waals surface area contributed by atoms with E-state index in [9.17, 15) is 14.3 Å². The Labute approximate surface area is 172 Å². The number of aromatic nitrogens is 3. The molecule has 5 nitrogen and oxygen atoms in total. The molecule has 4 fully saturated rings. The predicted octanol–water partition coefficient (Wildman–Crippen LogP) is 3.89. The molecule has 2 N–H and O–H groups in total. The van der Waals surface area contributed by atoms with Crippen molar-refractivity contribution in [3.8, 4) is 0 Å². The van der Waals surface area contributed by atoms with Crippen molar-refractivity contribution in [2.45, 2.75) is 76.7 Å². The molecule has 0 saturated heterocycles. The second-order valence-corrected chi connectivity index (χ2v) is 10.8. The Bertz CT molecular complexity index is 755. The first kappa shape index (κ1) is 19.7. The number of hydrogen-bond donors (Lipinski definition) is 2. The summed E-state index contributed by atoms with van der Waals surface area (Å²) >= 11 is 0. The Hall–Kier alpha value is -1.30. The van der Waals surface area contributed by atoms with Crippen molar-refractivity contribution >= 4 is 5.78 Å². The average molecular weight is 404 g/mol. The zero-order valence-electron chi connectivity index (χ0n) is 17.4. The number of Topliss-reactive ketones (excluding diaryl/α,β-unsaturated/α-hetero) is 1. The van der Waals surface area contributed by atoms with Crippen LogP contribution in [0.15, 0.2) is 6.33 Å². The number of hydrogen-bond acceptors (Lipinski definition) is 4. The number of rotatable bonds is 4. The Balaban J connectivity index is 1.31. The first-order chi connectivity index (χ1) is 13.9. The predicted molar refractivity (Wildman–Crippen MR) is 107 cm³/mol. The number of H-pyrrole nitrogens is 1. The quantitative estimate of drug-likeness (QED) is 0.799. The van der Waals surface area contributed by atoms with Crippen LogP contribution in [0.25, 0.3) is 0 Å². The van der Waals surface area contributed by atoms with E-state index in [2.05, 4.69) is 22.1 Å². The van der Waals surface area contributed by atoms with Crippen molar-refractivity contribution in [1.29, 1.82) is 0 Å². The van der Waals surface area contributed by atoms with Crippen molar-refractivity contribution in [1.82, 2.24) is 15.2 Å². The van der Waals surface area contributed by atoms with Crippen LogP contribution in [0.4, 0.5) is 4.39 Å². The zero-order valence-corrected chi connectivity index (χ0v) is 17.4. The Morgan fingerprint density at radius 2 is 2.00 bits per heavy atom. The van der Waals surface area contributed by atoms with Crippen LogP contribution in [0.5, 0.6) is 0 Å². The molecule has 4 aliphatic carbocycles. The maximum absolute atomic E-state index is 13.3. The lowest BCUT2D eigenvalue weighted by molar-refractivity contribution is -0.133. The number of aliphatic hydroxyl groups is 1. The second kappa shape index (κ2) is 7.14. The molecule has 5 rings (SSSR count). The summed E-state index contributed by atoms with van der Waals surface area (Å²) in [5.41, 5.74) is -0.956. The first-order valence-electron chi connectivity index (χ1n) is 11.6. The SMILES string of the molecule is C[C@]12CC[C@H]3[C@@H](CC[C@@H]4C[C@@](O)(CF)CC[C@@H]43)[C@@H]1CC[C@@H]2C(=O)Cc1ncn[nH]1. The van der Waals surface area contributed by atoms with Crippen LogP contribution in [0.2, 0.25) is 0 Å². The molecule has 8 atom stereocenters. The third-order valence-corrected chi connectivity index (χ3v) is 9.55. The van der Waals surface area contributed by atoms with Crippen molar-refractivity contribution < 1.29 is 14.3 Å². The fourth-order valence-electron chi connectivity index (χ4n) is 8.22. The van der Waals surface area contributed by atoms with Gasteiger partial charge >= 0.3 is 0 Å². The molecule has 29 heavy (non-hydrogen) atoms.